The van der Waals surface area contributed by atoms with Gasteiger partial charge in [-0.2, -0.15) is 0 Å². The minimum absolute atomic E-state index is 0.0221. The lowest BCUT2D eigenvalue weighted by Crippen LogP contribution is -2.48. The second kappa shape index (κ2) is 6.22. The normalized spacial score (nSPS) is 25.4. The van der Waals surface area contributed by atoms with Crippen molar-refractivity contribution in [2.75, 3.05) is 13.1 Å². The van der Waals surface area contributed by atoms with Crippen LogP contribution < -0.4 is 4.72 Å². The third kappa shape index (κ3) is 3.91. The van der Waals surface area contributed by atoms with Gasteiger partial charge in [0.1, 0.15) is 0 Å². The fourth-order valence-corrected chi connectivity index (χ4v) is 4.16. The second-order valence-electron chi connectivity index (χ2n) is 6.39. The van der Waals surface area contributed by atoms with Crippen LogP contribution in [0.3, 0.4) is 0 Å². The van der Waals surface area contributed by atoms with E-state index in [1.54, 1.807) is 17.0 Å². The van der Waals surface area contributed by atoms with Crippen LogP contribution in [-0.2, 0) is 14.8 Å². The Hall–Kier alpha value is -1.44. The molecule has 2 fully saturated rings. The number of ether oxygens (including phenoxy) is 1. The summed E-state index contributed by atoms with van der Waals surface area (Å²) in [6.07, 6.45) is 1.71. The number of morpholine rings is 1. The van der Waals surface area contributed by atoms with Crippen molar-refractivity contribution in [2.24, 2.45) is 0 Å². The molecule has 6 nitrogen and oxygen atoms in total. The Kier molecular flexibility index (Phi) is 4.44. The first kappa shape index (κ1) is 16.4. The minimum atomic E-state index is -3.55. The molecule has 2 unspecified atom stereocenters. The molecule has 1 amide bonds. The molecule has 126 valence electrons. The number of hydrogen-bond acceptors (Lipinski definition) is 4. The highest BCUT2D eigenvalue weighted by atomic mass is 32.2. The molecule has 1 saturated carbocycles. The number of nitrogens with zero attached hydrogens (tertiary/aromatic N) is 1. The zero-order valence-corrected chi connectivity index (χ0v) is 14.2. The number of amides is 1. The van der Waals surface area contributed by atoms with E-state index in [4.69, 9.17) is 4.74 Å². The van der Waals surface area contributed by atoms with Crippen molar-refractivity contribution in [1.82, 2.24) is 9.62 Å². The SMILES string of the molecule is CC1CN(C(=O)c2cccc(S(=O)(=O)NC3CC3)c2)CC(C)O1. The maximum Gasteiger partial charge on any atom is 0.254 e. The topological polar surface area (TPSA) is 75.7 Å². The minimum Gasteiger partial charge on any atom is -0.372 e. The van der Waals surface area contributed by atoms with Gasteiger partial charge in [0.25, 0.3) is 5.91 Å². The van der Waals surface area contributed by atoms with Crippen LogP contribution >= 0.6 is 0 Å². The molecule has 1 aliphatic carbocycles. The van der Waals surface area contributed by atoms with E-state index < -0.39 is 10.0 Å². The van der Waals surface area contributed by atoms with Crippen LogP contribution in [0.5, 0.6) is 0 Å². The van der Waals surface area contributed by atoms with Gasteiger partial charge in [-0.05, 0) is 44.9 Å². The lowest BCUT2D eigenvalue weighted by molar-refractivity contribution is -0.0586. The maximum absolute atomic E-state index is 12.7. The lowest BCUT2D eigenvalue weighted by atomic mass is 10.1. The molecule has 0 radical (unpaired) electrons. The fourth-order valence-electron chi connectivity index (χ4n) is 2.81. The highest BCUT2D eigenvalue weighted by Crippen LogP contribution is 2.23. The van der Waals surface area contributed by atoms with Gasteiger partial charge in [-0.25, -0.2) is 13.1 Å². The van der Waals surface area contributed by atoms with Crippen LogP contribution in [0.15, 0.2) is 29.2 Å². The summed E-state index contributed by atoms with van der Waals surface area (Å²) in [5.41, 5.74) is 0.393. The van der Waals surface area contributed by atoms with Crippen molar-refractivity contribution >= 4 is 15.9 Å². The Balaban J connectivity index is 1.80. The quantitative estimate of drug-likeness (QED) is 0.900. The number of benzene rings is 1. The van der Waals surface area contributed by atoms with Crippen LogP contribution in [0.2, 0.25) is 0 Å². The van der Waals surface area contributed by atoms with Gasteiger partial charge in [0.2, 0.25) is 10.0 Å². The Morgan fingerprint density at radius 3 is 2.48 bits per heavy atom. The first-order chi connectivity index (χ1) is 10.8. The van der Waals surface area contributed by atoms with Gasteiger partial charge in [0.15, 0.2) is 0 Å². The summed E-state index contributed by atoms with van der Waals surface area (Å²) in [6, 6.07) is 6.29. The highest BCUT2D eigenvalue weighted by Gasteiger charge is 2.30. The molecule has 1 saturated heterocycles. The van der Waals surface area contributed by atoms with Crippen LogP contribution in [0, 0.1) is 0 Å². The molecule has 2 atom stereocenters. The third-order valence-corrected chi connectivity index (χ3v) is 5.52. The molecular weight excluding hydrogens is 316 g/mol. The standard InChI is InChI=1S/C16H22N2O4S/c1-11-9-18(10-12(2)22-11)16(19)13-4-3-5-15(8-13)23(20,21)17-14-6-7-14/h3-5,8,11-12,14,17H,6-7,9-10H2,1-2H3. The van der Waals surface area contributed by atoms with Crippen molar-refractivity contribution in [3.8, 4) is 0 Å². The molecule has 1 N–H and O–H groups in total. The molecule has 1 aliphatic heterocycles. The van der Waals surface area contributed by atoms with E-state index in [1.165, 1.54) is 12.1 Å². The van der Waals surface area contributed by atoms with Gasteiger partial charge < -0.3 is 9.64 Å². The monoisotopic (exact) mass is 338 g/mol. The first-order valence-electron chi connectivity index (χ1n) is 7.92. The molecular formula is C16H22N2O4S. The Morgan fingerprint density at radius 1 is 1.22 bits per heavy atom. The van der Waals surface area contributed by atoms with E-state index in [0.29, 0.717) is 18.7 Å². The zero-order valence-electron chi connectivity index (χ0n) is 13.4. The summed E-state index contributed by atoms with van der Waals surface area (Å²) in [6.45, 7) is 4.88. The molecule has 0 bridgehead atoms. The lowest BCUT2D eigenvalue weighted by Gasteiger charge is -2.35. The van der Waals surface area contributed by atoms with Crippen LogP contribution in [-0.4, -0.2) is 50.6 Å². The van der Waals surface area contributed by atoms with Crippen LogP contribution in [0.1, 0.15) is 37.0 Å². The smallest absolute Gasteiger partial charge is 0.254 e. The molecule has 1 aromatic carbocycles. The van der Waals surface area contributed by atoms with E-state index in [0.717, 1.165) is 12.8 Å². The predicted octanol–water partition coefficient (Wildman–Crippen LogP) is 1.38. The van der Waals surface area contributed by atoms with Crippen molar-refractivity contribution < 1.29 is 17.9 Å². The molecule has 1 heterocycles. The largest absolute Gasteiger partial charge is 0.372 e. The maximum atomic E-state index is 12.7. The van der Waals surface area contributed by atoms with Crippen LogP contribution in [0.25, 0.3) is 0 Å². The number of rotatable bonds is 4. The zero-order chi connectivity index (χ0) is 16.6. The average molecular weight is 338 g/mol. The molecule has 23 heavy (non-hydrogen) atoms. The van der Waals surface area contributed by atoms with Crippen LogP contribution in [0.4, 0.5) is 0 Å². The number of carbonyl (C=O) groups is 1. The van der Waals surface area contributed by atoms with Crippen molar-refractivity contribution in [2.45, 2.75) is 49.8 Å². The van der Waals surface area contributed by atoms with Gasteiger partial charge in [0.05, 0.1) is 17.1 Å². The summed E-state index contributed by atoms with van der Waals surface area (Å²) in [4.78, 5) is 14.5. The number of sulfonamides is 1. The van der Waals surface area contributed by atoms with Gasteiger partial charge in [-0.15, -0.1) is 0 Å². The number of hydrogen-bond donors (Lipinski definition) is 1. The highest BCUT2D eigenvalue weighted by molar-refractivity contribution is 7.89. The van der Waals surface area contributed by atoms with Gasteiger partial charge in [0, 0.05) is 24.7 Å². The van der Waals surface area contributed by atoms with Crippen molar-refractivity contribution in [3.63, 3.8) is 0 Å². The Morgan fingerprint density at radius 2 is 1.87 bits per heavy atom. The van der Waals surface area contributed by atoms with Crippen molar-refractivity contribution in [3.05, 3.63) is 29.8 Å². The van der Waals surface area contributed by atoms with Gasteiger partial charge >= 0.3 is 0 Å². The molecule has 2 aliphatic rings. The summed E-state index contributed by atoms with van der Waals surface area (Å²) in [7, 11) is -3.55. The molecule has 1 aromatic rings. The van der Waals surface area contributed by atoms with E-state index >= 15 is 0 Å². The van der Waals surface area contributed by atoms with E-state index in [-0.39, 0.29) is 29.1 Å². The summed E-state index contributed by atoms with van der Waals surface area (Å²) in [5, 5.41) is 0. The molecule has 7 heteroatoms. The number of carbonyl (C=O) groups excluding carboxylic acids is 1. The predicted molar refractivity (Wildman–Crippen MR) is 85.7 cm³/mol. The average Bonchev–Trinajstić information content (AvgIpc) is 3.29. The van der Waals surface area contributed by atoms with Gasteiger partial charge in [-0.1, -0.05) is 6.07 Å². The molecule has 0 aromatic heterocycles. The summed E-state index contributed by atoms with van der Waals surface area (Å²) < 4.78 is 32.8. The fraction of sp³-hybridized carbons (Fsp3) is 0.562. The third-order valence-electron chi connectivity index (χ3n) is 4.00. The van der Waals surface area contributed by atoms with E-state index in [1.807, 2.05) is 13.8 Å². The summed E-state index contributed by atoms with van der Waals surface area (Å²) in [5.74, 6) is -0.157. The first-order valence-corrected chi connectivity index (χ1v) is 9.40. The van der Waals surface area contributed by atoms with E-state index in [9.17, 15) is 13.2 Å². The summed E-state index contributed by atoms with van der Waals surface area (Å²) >= 11 is 0. The second-order valence-corrected chi connectivity index (χ2v) is 8.10. The number of nitrogens with one attached hydrogen (secondary N) is 1. The molecule has 0 spiro atoms. The van der Waals surface area contributed by atoms with E-state index in [2.05, 4.69) is 4.72 Å². The van der Waals surface area contributed by atoms with Crippen molar-refractivity contribution in [1.29, 1.82) is 0 Å². The molecule has 3 rings (SSSR count). The Bertz CT molecular complexity index is 690. The Labute approximate surface area is 136 Å². The van der Waals surface area contributed by atoms with Gasteiger partial charge in [-0.3, -0.25) is 4.79 Å².